The summed E-state index contributed by atoms with van der Waals surface area (Å²) in [6.07, 6.45) is 0.693. The maximum Gasteiger partial charge on any atom is 0.416 e. The molecule has 1 saturated heterocycles. The third-order valence-corrected chi connectivity index (χ3v) is 6.48. The van der Waals surface area contributed by atoms with Crippen molar-refractivity contribution < 1.29 is 17.9 Å². The predicted molar refractivity (Wildman–Crippen MR) is 117 cm³/mol. The molecule has 0 atom stereocenters. The Kier molecular flexibility index (Phi) is 6.99. The van der Waals surface area contributed by atoms with Gasteiger partial charge in [0, 0.05) is 32.7 Å². The second-order valence-corrected chi connectivity index (χ2v) is 8.86. The molecule has 0 aromatic heterocycles. The molecule has 168 valence electrons. The van der Waals surface area contributed by atoms with Crippen molar-refractivity contribution in [3.63, 3.8) is 0 Å². The van der Waals surface area contributed by atoms with Gasteiger partial charge in [-0.3, -0.25) is 4.90 Å². The number of hydrogen-bond acceptors (Lipinski definition) is 3. The summed E-state index contributed by atoms with van der Waals surface area (Å²) < 4.78 is 47.4. The van der Waals surface area contributed by atoms with Gasteiger partial charge in [0.05, 0.1) is 18.3 Å². The topological polar surface area (TPSA) is 15.7 Å². The number of benzene rings is 2. The number of ether oxygens (including phenoxy) is 1. The Labute approximate surface area is 182 Å². The van der Waals surface area contributed by atoms with Gasteiger partial charge in [0.15, 0.2) is 0 Å². The summed E-state index contributed by atoms with van der Waals surface area (Å²) in [7, 11) is 2.04. The van der Waals surface area contributed by atoms with Crippen LogP contribution in [0.2, 0.25) is 0 Å². The third-order valence-electron chi connectivity index (χ3n) is 6.48. The molecule has 2 aromatic rings. The Hall–Kier alpha value is -1.89. The zero-order valence-corrected chi connectivity index (χ0v) is 18.1. The molecule has 4 rings (SSSR count). The highest BCUT2D eigenvalue weighted by Gasteiger charge is 2.34. The molecule has 0 amide bonds. The number of halogens is 3. The van der Waals surface area contributed by atoms with Crippen molar-refractivity contribution >= 4 is 0 Å². The number of likely N-dealkylation sites (N-methyl/N-ethyl adjacent to an activating group) is 1. The van der Waals surface area contributed by atoms with Crippen LogP contribution < -0.4 is 0 Å². The summed E-state index contributed by atoms with van der Waals surface area (Å²) in [6.45, 7) is 4.25. The average molecular weight is 433 g/mol. The molecular weight excluding hydrogens is 401 g/mol. The molecule has 6 heteroatoms. The molecule has 1 aliphatic heterocycles. The van der Waals surface area contributed by atoms with Crippen LogP contribution in [-0.2, 0) is 24.1 Å². The zero-order chi connectivity index (χ0) is 21.8. The molecule has 0 unspecified atom stereocenters. The number of nitrogens with zero attached hydrogens (tertiary/aromatic N) is 2. The minimum atomic E-state index is -4.37. The maximum atomic E-state index is 13.8. The zero-order valence-electron chi connectivity index (χ0n) is 18.1. The van der Waals surface area contributed by atoms with E-state index in [2.05, 4.69) is 9.80 Å². The summed E-state index contributed by atoms with van der Waals surface area (Å²) in [5.41, 5.74) is 2.26. The van der Waals surface area contributed by atoms with Crippen molar-refractivity contribution in [2.45, 2.75) is 51.1 Å². The van der Waals surface area contributed by atoms with Crippen LogP contribution in [0.5, 0.6) is 0 Å². The first-order chi connectivity index (χ1) is 14.9. The van der Waals surface area contributed by atoms with Crippen LogP contribution in [0.25, 0.3) is 11.1 Å². The predicted octanol–water partition coefficient (Wildman–Crippen LogP) is 5.58. The third kappa shape index (κ3) is 5.88. The highest BCUT2D eigenvalue weighted by atomic mass is 19.4. The second kappa shape index (κ2) is 9.72. The second-order valence-electron chi connectivity index (χ2n) is 8.86. The van der Waals surface area contributed by atoms with E-state index in [-0.39, 0.29) is 0 Å². The lowest BCUT2D eigenvalue weighted by atomic mass is 9.97. The van der Waals surface area contributed by atoms with Crippen molar-refractivity contribution in [3.8, 4) is 11.1 Å². The molecule has 2 aromatic carbocycles. The monoisotopic (exact) mass is 432 g/mol. The van der Waals surface area contributed by atoms with Gasteiger partial charge in [-0.05, 0) is 48.2 Å². The summed E-state index contributed by atoms with van der Waals surface area (Å²) in [5.74, 6) is 0. The van der Waals surface area contributed by atoms with Crippen molar-refractivity contribution in [1.82, 2.24) is 9.80 Å². The Balaban J connectivity index is 1.47. The fourth-order valence-electron chi connectivity index (χ4n) is 4.47. The van der Waals surface area contributed by atoms with E-state index in [1.807, 2.05) is 37.4 Å². The highest BCUT2D eigenvalue weighted by Crippen LogP contribution is 2.36. The van der Waals surface area contributed by atoms with E-state index in [4.69, 9.17) is 4.74 Å². The van der Waals surface area contributed by atoms with Crippen LogP contribution in [0.15, 0.2) is 42.5 Å². The van der Waals surface area contributed by atoms with Gasteiger partial charge in [0.1, 0.15) is 0 Å². The van der Waals surface area contributed by atoms with Gasteiger partial charge in [0.2, 0.25) is 0 Å². The molecule has 1 saturated carbocycles. The van der Waals surface area contributed by atoms with E-state index in [0.717, 1.165) is 50.1 Å². The maximum absolute atomic E-state index is 13.8. The minimum Gasteiger partial charge on any atom is -0.374 e. The van der Waals surface area contributed by atoms with Gasteiger partial charge in [-0.1, -0.05) is 49.2 Å². The first kappa shape index (κ1) is 22.3. The van der Waals surface area contributed by atoms with E-state index in [9.17, 15) is 13.2 Å². The van der Waals surface area contributed by atoms with Crippen LogP contribution in [0, 0.1) is 0 Å². The molecule has 1 heterocycles. The Morgan fingerprint density at radius 1 is 0.903 bits per heavy atom. The van der Waals surface area contributed by atoms with Crippen LogP contribution in [0.4, 0.5) is 13.2 Å². The molecule has 31 heavy (non-hydrogen) atoms. The Morgan fingerprint density at radius 2 is 1.55 bits per heavy atom. The van der Waals surface area contributed by atoms with Gasteiger partial charge in [0.25, 0.3) is 0 Å². The first-order valence-corrected chi connectivity index (χ1v) is 11.2. The molecular formula is C25H31F3N2O. The van der Waals surface area contributed by atoms with Crippen molar-refractivity contribution in [1.29, 1.82) is 0 Å². The summed E-state index contributed by atoms with van der Waals surface area (Å²) in [6, 6.07) is 12.4. The lowest BCUT2D eigenvalue weighted by Crippen LogP contribution is -2.44. The van der Waals surface area contributed by atoms with E-state index >= 15 is 0 Å². The average Bonchev–Trinajstić information content (AvgIpc) is 3.28. The Morgan fingerprint density at radius 3 is 2.19 bits per heavy atom. The lowest BCUT2D eigenvalue weighted by molar-refractivity contribution is -0.138. The fourth-order valence-corrected chi connectivity index (χ4v) is 4.47. The van der Waals surface area contributed by atoms with E-state index in [1.54, 1.807) is 6.07 Å². The van der Waals surface area contributed by atoms with Crippen molar-refractivity contribution in [3.05, 3.63) is 59.2 Å². The van der Waals surface area contributed by atoms with Crippen LogP contribution in [0.1, 0.15) is 42.4 Å². The number of piperazine rings is 1. The quantitative estimate of drug-likeness (QED) is 0.593. The summed E-state index contributed by atoms with van der Waals surface area (Å²) in [5, 5.41) is 0. The van der Waals surface area contributed by atoms with Gasteiger partial charge in [-0.25, -0.2) is 0 Å². The minimum absolute atomic E-state index is 0.334. The largest absolute Gasteiger partial charge is 0.416 e. The first-order valence-electron chi connectivity index (χ1n) is 11.2. The van der Waals surface area contributed by atoms with Crippen molar-refractivity contribution in [2.24, 2.45) is 0 Å². The van der Waals surface area contributed by atoms with Crippen LogP contribution in [-0.4, -0.2) is 49.1 Å². The van der Waals surface area contributed by atoms with E-state index in [0.29, 0.717) is 30.4 Å². The van der Waals surface area contributed by atoms with Crippen molar-refractivity contribution in [2.75, 3.05) is 33.2 Å². The molecule has 0 bridgehead atoms. The van der Waals surface area contributed by atoms with Crippen LogP contribution in [0.3, 0.4) is 0 Å². The van der Waals surface area contributed by atoms with E-state index < -0.39 is 11.7 Å². The molecule has 0 spiro atoms. The van der Waals surface area contributed by atoms with Crippen LogP contribution >= 0.6 is 0 Å². The van der Waals surface area contributed by atoms with Gasteiger partial charge < -0.3 is 9.64 Å². The normalized spacial score (nSPS) is 19.2. The standard InChI is InChI=1S/C25H31F3N2O/c1-29-12-14-30(15-13-29)17-22-11-10-21(16-24(22)25(26,27)28)20-8-6-19(7-9-20)18-31-23-4-2-3-5-23/h6-11,16,23H,2-5,12-15,17-18H2,1H3. The molecule has 1 aliphatic carbocycles. The Bertz CT molecular complexity index is 852. The SMILES string of the molecule is CN1CCN(Cc2ccc(-c3ccc(COC4CCCC4)cc3)cc2C(F)(F)F)CC1. The molecule has 0 N–H and O–H groups in total. The number of alkyl halides is 3. The summed E-state index contributed by atoms with van der Waals surface area (Å²) >= 11 is 0. The molecule has 0 radical (unpaired) electrons. The fraction of sp³-hybridized carbons (Fsp3) is 0.520. The van der Waals surface area contributed by atoms with Gasteiger partial charge in [-0.2, -0.15) is 13.2 Å². The molecule has 3 nitrogen and oxygen atoms in total. The van der Waals surface area contributed by atoms with Gasteiger partial charge in [-0.15, -0.1) is 0 Å². The summed E-state index contributed by atoms with van der Waals surface area (Å²) in [4.78, 5) is 4.30. The smallest absolute Gasteiger partial charge is 0.374 e. The number of rotatable bonds is 6. The van der Waals surface area contributed by atoms with Gasteiger partial charge >= 0.3 is 6.18 Å². The van der Waals surface area contributed by atoms with E-state index in [1.165, 1.54) is 18.9 Å². The molecule has 2 fully saturated rings. The lowest BCUT2D eigenvalue weighted by Gasteiger charge is -2.33. The highest BCUT2D eigenvalue weighted by molar-refractivity contribution is 5.65. The number of hydrogen-bond donors (Lipinski definition) is 0. The molecule has 2 aliphatic rings.